The number of aromatic nitrogens is 2. The van der Waals surface area contributed by atoms with Crippen LogP contribution in [-0.2, 0) is 0 Å². The monoisotopic (exact) mass is 272 g/mol. The molecular formula is C14H20N6. The Morgan fingerprint density at radius 2 is 1.85 bits per heavy atom. The highest BCUT2D eigenvalue weighted by atomic mass is 15.5. The lowest BCUT2D eigenvalue weighted by atomic mass is 10.2. The summed E-state index contributed by atoms with van der Waals surface area (Å²) in [6.45, 7) is 2.83. The molecule has 0 bridgehead atoms. The highest BCUT2D eigenvalue weighted by molar-refractivity contribution is 5.78. The molecule has 0 saturated heterocycles. The SMILES string of the molecule is CCN(c1ccccc1)c1ncnc(NN(C)C)c1N. The van der Waals surface area contributed by atoms with Gasteiger partial charge in [-0.1, -0.05) is 18.2 Å². The molecule has 2 aromatic rings. The summed E-state index contributed by atoms with van der Waals surface area (Å²) in [5, 5.41) is 1.79. The van der Waals surface area contributed by atoms with Crippen molar-refractivity contribution in [2.45, 2.75) is 6.92 Å². The molecule has 0 aliphatic rings. The number of hydrazine groups is 1. The van der Waals surface area contributed by atoms with Crippen molar-refractivity contribution in [1.29, 1.82) is 0 Å². The van der Waals surface area contributed by atoms with Crippen LogP contribution in [0.1, 0.15) is 6.92 Å². The molecule has 106 valence electrons. The Hall–Kier alpha value is -2.34. The maximum atomic E-state index is 6.19. The van der Waals surface area contributed by atoms with Gasteiger partial charge in [-0.2, -0.15) is 0 Å². The molecule has 1 aromatic carbocycles. The van der Waals surface area contributed by atoms with Gasteiger partial charge in [0, 0.05) is 26.3 Å². The summed E-state index contributed by atoms with van der Waals surface area (Å²) in [6.07, 6.45) is 1.52. The van der Waals surface area contributed by atoms with Crippen molar-refractivity contribution in [3.05, 3.63) is 36.7 Å². The van der Waals surface area contributed by atoms with E-state index in [0.717, 1.165) is 12.2 Å². The molecular weight excluding hydrogens is 252 g/mol. The van der Waals surface area contributed by atoms with Crippen LogP contribution in [0.4, 0.5) is 23.0 Å². The second-order valence-corrected chi connectivity index (χ2v) is 4.55. The van der Waals surface area contributed by atoms with E-state index in [9.17, 15) is 0 Å². The maximum absolute atomic E-state index is 6.19. The first-order valence-corrected chi connectivity index (χ1v) is 6.50. The number of nitrogens with two attached hydrogens (primary N) is 1. The molecule has 6 heteroatoms. The van der Waals surface area contributed by atoms with Gasteiger partial charge in [0.15, 0.2) is 11.6 Å². The van der Waals surface area contributed by atoms with E-state index < -0.39 is 0 Å². The van der Waals surface area contributed by atoms with Gasteiger partial charge in [-0.15, -0.1) is 0 Å². The average molecular weight is 272 g/mol. The molecule has 3 N–H and O–H groups in total. The zero-order valence-electron chi connectivity index (χ0n) is 12.0. The van der Waals surface area contributed by atoms with Gasteiger partial charge < -0.3 is 16.1 Å². The van der Waals surface area contributed by atoms with Crippen LogP contribution in [0, 0.1) is 0 Å². The summed E-state index contributed by atoms with van der Waals surface area (Å²) >= 11 is 0. The van der Waals surface area contributed by atoms with Crippen molar-refractivity contribution >= 4 is 23.0 Å². The Bertz CT molecular complexity index is 555. The summed E-state index contributed by atoms with van der Waals surface area (Å²) in [6, 6.07) is 10.0. The van der Waals surface area contributed by atoms with Gasteiger partial charge in [-0.25, -0.2) is 15.0 Å². The van der Waals surface area contributed by atoms with E-state index in [2.05, 4.69) is 27.2 Å². The molecule has 0 atom stereocenters. The molecule has 2 rings (SSSR count). The highest BCUT2D eigenvalue weighted by Gasteiger charge is 2.15. The van der Waals surface area contributed by atoms with Crippen LogP contribution in [0.2, 0.25) is 0 Å². The minimum Gasteiger partial charge on any atom is -0.393 e. The van der Waals surface area contributed by atoms with Gasteiger partial charge in [0.2, 0.25) is 0 Å². The smallest absolute Gasteiger partial charge is 0.169 e. The fourth-order valence-electron chi connectivity index (χ4n) is 1.96. The van der Waals surface area contributed by atoms with Crippen molar-refractivity contribution in [2.24, 2.45) is 0 Å². The Morgan fingerprint density at radius 1 is 1.15 bits per heavy atom. The largest absolute Gasteiger partial charge is 0.393 e. The molecule has 6 nitrogen and oxygen atoms in total. The summed E-state index contributed by atoms with van der Waals surface area (Å²) < 4.78 is 0. The summed E-state index contributed by atoms with van der Waals surface area (Å²) in [5.41, 5.74) is 10.9. The molecule has 20 heavy (non-hydrogen) atoms. The highest BCUT2D eigenvalue weighted by Crippen LogP contribution is 2.31. The second kappa shape index (κ2) is 6.21. The van der Waals surface area contributed by atoms with E-state index in [0.29, 0.717) is 17.3 Å². The zero-order chi connectivity index (χ0) is 14.5. The first-order chi connectivity index (χ1) is 9.63. The lowest BCUT2D eigenvalue weighted by molar-refractivity contribution is 0.492. The van der Waals surface area contributed by atoms with Crippen LogP contribution in [0.15, 0.2) is 36.7 Å². The number of hydrogen-bond donors (Lipinski definition) is 2. The molecule has 0 fully saturated rings. The minimum atomic E-state index is 0.534. The number of rotatable bonds is 5. The van der Waals surface area contributed by atoms with E-state index in [1.165, 1.54) is 6.33 Å². The number of hydrogen-bond acceptors (Lipinski definition) is 6. The van der Waals surface area contributed by atoms with Gasteiger partial charge in [0.25, 0.3) is 0 Å². The second-order valence-electron chi connectivity index (χ2n) is 4.55. The van der Waals surface area contributed by atoms with Gasteiger partial charge in [0.1, 0.15) is 12.0 Å². The van der Waals surface area contributed by atoms with Crippen LogP contribution in [0.5, 0.6) is 0 Å². The number of nitrogens with one attached hydrogen (secondary N) is 1. The van der Waals surface area contributed by atoms with Crippen LogP contribution in [-0.4, -0.2) is 35.6 Å². The third-order valence-electron chi connectivity index (χ3n) is 2.83. The van der Waals surface area contributed by atoms with Crippen molar-refractivity contribution in [2.75, 3.05) is 36.7 Å². The van der Waals surface area contributed by atoms with Crippen LogP contribution in [0.25, 0.3) is 0 Å². The van der Waals surface area contributed by atoms with Gasteiger partial charge in [0.05, 0.1) is 0 Å². The average Bonchev–Trinajstić information content (AvgIpc) is 2.44. The van der Waals surface area contributed by atoms with E-state index in [-0.39, 0.29) is 0 Å². The van der Waals surface area contributed by atoms with Crippen molar-refractivity contribution in [1.82, 2.24) is 15.0 Å². The Labute approximate surface area is 119 Å². The maximum Gasteiger partial charge on any atom is 0.169 e. The molecule has 0 spiro atoms. The quantitative estimate of drug-likeness (QED) is 0.812. The summed E-state index contributed by atoms with van der Waals surface area (Å²) in [4.78, 5) is 10.6. The topological polar surface area (TPSA) is 70.3 Å². The van der Waals surface area contributed by atoms with Crippen molar-refractivity contribution < 1.29 is 0 Å². The minimum absolute atomic E-state index is 0.534. The van der Waals surface area contributed by atoms with Crippen LogP contribution < -0.4 is 16.1 Å². The van der Waals surface area contributed by atoms with Gasteiger partial charge >= 0.3 is 0 Å². The Balaban J connectivity index is 2.40. The number of para-hydroxylation sites is 1. The Morgan fingerprint density at radius 3 is 2.45 bits per heavy atom. The number of benzene rings is 1. The molecule has 0 amide bonds. The number of anilines is 4. The standard InChI is InChI=1S/C14H20N6/c1-4-20(11-8-6-5-7-9-11)14-12(15)13(16-10-17-14)18-19(2)3/h5-10H,4,15H2,1-3H3,(H,16,17,18). The van der Waals surface area contributed by atoms with Crippen molar-refractivity contribution in [3.8, 4) is 0 Å². The van der Waals surface area contributed by atoms with Crippen LogP contribution >= 0.6 is 0 Å². The van der Waals surface area contributed by atoms with Crippen molar-refractivity contribution in [3.63, 3.8) is 0 Å². The lowest BCUT2D eigenvalue weighted by Gasteiger charge is -2.24. The molecule has 0 unspecified atom stereocenters. The molecule has 1 heterocycles. The predicted molar refractivity (Wildman–Crippen MR) is 82.9 cm³/mol. The normalized spacial score (nSPS) is 10.6. The zero-order valence-corrected chi connectivity index (χ0v) is 12.0. The summed E-state index contributed by atoms with van der Waals surface area (Å²) in [5.74, 6) is 1.31. The number of nitrogen functional groups attached to an aromatic ring is 1. The molecule has 0 radical (unpaired) electrons. The molecule has 0 aliphatic carbocycles. The molecule has 0 saturated carbocycles. The van der Waals surface area contributed by atoms with Gasteiger partial charge in [-0.3, -0.25) is 0 Å². The number of nitrogens with zero attached hydrogens (tertiary/aromatic N) is 4. The van der Waals surface area contributed by atoms with Gasteiger partial charge in [-0.05, 0) is 19.1 Å². The third-order valence-corrected chi connectivity index (χ3v) is 2.83. The van der Waals surface area contributed by atoms with E-state index in [1.807, 2.05) is 44.4 Å². The van der Waals surface area contributed by atoms with Crippen LogP contribution in [0.3, 0.4) is 0 Å². The third kappa shape index (κ3) is 2.97. The first kappa shape index (κ1) is 14.1. The van der Waals surface area contributed by atoms with E-state index in [4.69, 9.17) is 5.73 Å². The Kier molecular flexibility index (Phi) is 4.37. The first-order valence-electron chi connectivity index (χ1n) is 6.50. The molecule has 1 aromatic heterocycles. The fraction of sp³-hybridized carbons (Fsp3) is 0.286. The van der Waals surface area contributed by atoms with E-state index >= 15 is 0 Å². The molecule has 0 aliphatic heterocycles. The predicted octanol–water partition coefficient (Wildman–Crippen LogP) is 2.11. The lowest BCUT2D eigenvalue weighted by Crippen LogP contribution is -2.24. The van der Waals surface area contributed by atoms with E-state index in [1.54, 1.807) is 5.01 Å². The fourth-order valence-corrected chi connectivity index (χ4v) is 1.96. The summed E-state index contributed by atoms with van der Waals surface area (Å²) in [7, 11) is 3.77.